The van der Waals surface area contributed by atoms with Crippen molar-refractivity contribution in [3.8, 4) is 5.82 Å². The lowest BCUT2D eigenvalue weighted by Gasteiger charge is -2.25. The van der Waals surface area contributed by atoms with Crippen LogP contribution in [0, 0.1) is 19.3 Å². The van der Waals surface area contributed by atoms with E-state index in [2.05, 4.69) is 15.4 Å². The minimum Gasteiger partial charge on any atom is -0.351 e. The third-order valence-corrected chi connectivity index (χ3v) is 3.72. The minimum absolute atomic E-state index is 0. The molecule has 2 rings (SSSR count). The van der Waals surface area contributed by atoms with Crippen LogP contribution < -0.4 is 11.1 Å². The summed E-state index contributed by atoms with van der Waals surface area (Å²) < 4.78 is 1.80. The maximum absolute atomic E-state index is 12.0. The van der Waals surface area contributed by atoms with Crippen LogP contribution in [0.3, 0.4) is 0 Å². The Morgan fingerprint density at radius 1 is 1.28 bits per heavy atom. The lowest BCUT2D eigenvalue weighted by molar-refractivity contribution is -0.124. The number of nitrogens with zero attached hydrogens (tertiary/aromatic N) is 3. The molecule has 0 unspecified atom stereocenters. The van der Waals surface area contributed by atoms with Crippen molar-refractivity contribution < 1.29 is 4.79 Å². The van der Waals surface area contributed by atoms with Crippen molar-refractivity contribution in [2.24, 2.45) is 11.1 Å². The molecule has 25 heavy (non-hydrogen) atoms. The van der Waals surface area contributed by atoms with Crippen molar-refractivity contribution in [3.05, 3.63) is 41.3 Å². The summed E-state index contributed by atoms with van der Waals surface area (Å²) in [5, 5.41) is 7.26. The topological polar surface area (TPSA) is 85.8 Å². The van der Waals surface area contributed by atoms with Crippen molar-refractivity contribution in [2.45, 2.75) is 47.2 Å². The van der Waals surface area contributed by atoms with Crippen LogP contribution in [0.5, 0.6) is 0 Å². The fourth-order valence-electron chi connectivity index (χ4n) is 2.20. The molecular weight excluding hydrogens is 361 g/mol. The number of rotatable bonds is 4. The standard InChI is InChI=1S/C17H25N5O.2ClH/c1-11-8-12(2)22(21-11)14-7-6-13(9-19-14)10-20-16(23)15(18)17(3,4)5;;/h6-9,15H,10,18H2,1-5H3,(H,20,23);2*1H/t15-;;/m1../s1. The lowest BCUT2D eigenvalue weighted by atomic mass is 9.87. The highest BCUT2D eigenvalue weighted by molar-refractivity contribution is 5.85. The Morgan fingerprint density at radius 3 is 2.36 bits per heavy atom. The second-order valence-corrected chi connectivity index (χ2v) is 6.93. The fraction of sp³-hybridized carbons (Fsp3) is 0.471. The summed E-state index contributed by atoms with van der Waals surface area (Å²) in [6.45, 7) is 10.2. The molecule has 2 aromatic heterocycles. The lowest BCUT2D eigenvalue weighted by Crippen LogP contribution is -2.48. The van der Waals surface area contributed by atoms with E-state index in [1.54, 1.807) is 10.9 Å². The van der Waals surface area contributed by atoms with Gasteiger partial charge >= 0.3 is 0 Å². The van der Waals surface area contributed by atoms with E-state index in [0.717, 1.165) is 22.8 Å². The van der Waals surface area contributed by atoms with Gasteiger partial charge in [-0.1, -0.05) is 26.8 Å². The summed E-state index contributed by atoms with van der Waals surface area (Å²) >= 11 is 0. The maximum Gasteiger partial charge on any atom is 0.237 e. The molecule has 0 bridgehead atoms. The van der Waals surface area contributed by atoms with Gasteiger partial charge < -0.3 is 11.1 Å². The summed E-state index contributed by atoms with van der Waals surface area (Å²) in [7, 11) is 0. The molecule has 0 saturated carbocycles. The minimum atomic E-state index is -0.538. The van der Waals surface area contributed by atoms with Gasteiger partial charge in [-0.25, -0.2) is 9.67 Å². The largest absolute Gasteiger partial charge is 0.351 e. The number of pyridine rings is 1. The molecule has 0 spiro atoms. The van der Waals surface area contributed by atoms with E-state index in [0.29, 0.717) is 6.54 Å². The number of amides is 1. The molecule has 0 aliphatic carbocycles. The molecule has 1 amide bonds. The van der Waals surface area contributed by atoms with Crippen LogP contribution >= 0.6 is 24.8 Å². The number of nitrogens with two attached hydrogens (primary N) is 1. The first-order chi connectivity index (χ1) is 10.7. The molecule has 0 aliphatic heterocycles. The predicted octanol–water partition coefficient (Wildman–Crippen LogP) is 2.72. The van der Waals surface area contributed by atoms with Crippen molar-refractivity contribution >= 4 is 30.7 Å². The van der Waals surface area contributed by atoms with Gasteiger partial charge in [-0.2, -0.15) is 5.10 Å². The van der Waals surface area contributed by atoms with Crippen molar-refractivity contribution in [1.29, 1.82) is 0 Å². The Balaban J connectivity index is 0.00000288. The van der Waals surface area contributed by atoms with Gasteiger partial charge in [0.1, 0.15) is 0 Å². The Kier molecular flexibility index (Phi) is 8.58. The normalized spacial score (nSPS) is 11.9. The van der Waals surface area contributed by atoms with Crippen LogP contribution in [0.1, 0.15) is 37.7 Å². The number of aromatic nitrogens is 3. The maximum atomic E-state index is 12.0. The van der Waals surface area contributed by atoms with Gasteiger partial charge in [0.05, 0.1) is 11.7 Å². The van der Waals surface area contributed by atoms with Crippen molar-refractivity contribution in [2.75, 3.05) is 0 Å². The molecule has 140 valence electrons. The van der Waals surface area contributed by atoms with E-state index < -0.39 is 6.04 Å². The zero-order valence-corrected chi connectivity index (χ0v) is 16.9. The summed E-state index contributed by atoms with van der Waals surface area (Å²) in [5.74, 6) is 0.609. The molecule has 0 saturated heterocycles. The number of carbonyl (C=O) groups excluding carboxylic acids is 1. The van der Waals surface area contributed by atoms with E-state index in [1.807, 2.05) is 52.8 Å². The third-order valence-electron chi connectivity index (χ3n) is 3.72. The van der Waals surface area contributed by atoms with E-state index in [1.165, 1.54) is 0 Å². The highest BCUT2D eigenvalue weighted by Gasteiger charge is 2.27. The van der Waals surface area contributed by atoms with Gasteiger partial charge in [0.25, 0.3) is 0 Å². The van der Waals surface area contributed by atoms with E-state index in [9.17, 15) is 4.79 Å². The molecule has 0 fully saturated rings. The zero-order chi connectivity index (χ0) is 17.2. The molecule has 8 heteroatoms. The Morgan fingerprint density at radius 2 is 1.92 bits per heavy atom. The molecule has 2 heterocycles. The van der Waals surface area contributed by atoms with Crippen LogP contribution in [0.2, 0.25) is 0 Å². The van der Waals surface area contributed by atoms with Gasteiger partial charge in [0.15, 0.2) is 5.82 Å². The number of aryl methyl sites for hydroxylation is 2. The number of halogens is 2. The van der Waals surface area contributed by atoms with Gasteiger partial charge in [-0.3, -0.25) is 4.79 Å². The Hall–Kier alpha value is -1.63. The number of hydrogen-bond acceptors (Lipinski definition) is 4. The van der Waals surface area contributed by atoms with Crippen LogP contribution in [0.25, 0.3) is 5.82 Å². The molecule has 0 radical (unpaired) electrons. The molecule has 1 atom stereocenters. The summed E-state index contributed by atoms with van der Waals surface area (Å²) in [5.41, 5.74) is 8.59. The highest BCUT2D eigenvalue weighted by Crippen LogP contribution is 2.17. The molecule has 0 aromatic carbocycles. The molecule has 0 aliphatic rings. The first kappa shape index (κ1) is 23.4. The predicted molar refractivity (Wildman–Crippen MR) is 105 cm³/mol. The second-order valence-electron chi connectivity index (χ2n) is 6.93. The van der Waals surface area contributed by atoms with Crippen LogP contribution in [-0.4, -0.2) is 26.7 Å². The molecule has 2 aromatic rings. The van der Waals surface area contributed by atoms with Gasteiger partial charge in [0, 0.05) is 18.4 Å². The smallest absolute Gasteiger partial charge is 0.237 e. The van der Waals surface area contributed by atoms with Crippen LogP contribution in [-0.2, 0) is 11.3 Å². The van der Waals surface area contributed by atoms with E-state index in [-0.39, 0.29) is 36.1 Å². The van der Waals surface area contributed by atoms with Gasteiger partial charge in [0.2, 0.25) is 5.91 Å². The van der Waals surface area contributed by atoms with Crippen molar-refractivity contribution in [3.63, 3.8) is 0 Å². The monoisotopic (exact) mass is 387 g/mol. The van der Waals surface area contributed by atoms with Gasteiger partial charge in [-0.05, 0) is 37.0 Å². The zero-order valence-electron chi connectivity index (χ0n) is 15.2. The Bertz CT molecular complexity index is 692. The Labute approximate surface area is 161 Å². The molecule has 6 nitrogen and oxygen atoms in total. The number of hydrogen-bond donors (Lipinski definition) is 2. The summed E-state index contributed by atoms with van der Waals surface area (Å²) in [4.78, 5) is 16.4. The van der Waals surface area contributed by atoms with E-state index >= 15 is 0 Å². The van der Waals surface area contributed by atoms with Crippen LogP contribution in [0.15, 0.2) is 24.4 Å². The van der Waals surface area contributed by atoms with Gasteiger partial charge in [-0.15, -0.1) is 24.8 Å². The first-order valence-corrected chi connectivity index (χ1v) is 7.70. The number of nitrogens with one attached hydrogen (secondary N) is 1. The quantitative estimate of drug-likeness (QED) is 0.843. The number of carbonyl (C=O) groups is 1. The van der Waals surface area contributed by atoms with Crippen LogP contribution in [0.4, 0.5) is 0 Å². The third kappa shape index (κ3) is 5.99. The van der Waals surface area contributed by atoms with E-state index in [4.69, 9.17) is 5.73 Å². The van der Waals surface area contributed by atoms with Crippen molar-refractivity contribution in [1.82, 2.24) is 20.1 Å². The first-order valence-electron chi connectivity index (χ1n) is 7.70. The molecular formula is C17H27Cl2N5O. The summed E-state index contributed by atoms with van der Waals surface area (Å²) in [6, 6.07) is 5.29. The highest BCUT2D eigenvalue weighted by atomic mass is 35.5. The average molecular weight is 388 g/mol. The molecule has 3 N–H and O–H groups in total. The SMILES string of the molecule is Cc1cc(C)n(-c2ccc(CNC(=O)[C@@H](N)C(C)(C)C)cn2)n1.Cl.Cl. The fourth-order valence-corrected chi connectivity index (χ4v) is 2.20. The summed E-state index contributed by atoms with van der Waals surface area (Å²) in [6.07, 6.45) is 1.74. The average Bonchev–Trinajstić information content (AvgIpc) is 2.82. The second kappa shape index (κ2) is 9.17.